The molecule has 0 bridgehead atoms. The number of rotatable bonds is 7. The molecule has 1 aliphatic heterocycles. The van der Waals surface area contributed by atoms with Crippen molar-refractivity contribution in [1.29, 1.82) is 0 Å². The van der Waals surface area contributed by atoms with Gasteiger partial charge < -0.3 is 29.7 Å². The summed E-state index contributed by atoms with van der Waals surface area (Å²) in [6, 6.07) is 4.21. The third-order valence-electron chi connectivity index (χ3n) is 8.09. The Morgan fingerprint density at radius 3 is 2.50 bits per heavy atom. The van der Waals surface area contributed by atoms with Crippen LogP contribution in [0.1, 0.15) is 82.5 Å². The van der Waals surface area contributed by atoms with Crippen molar-refractivity contribution in [3.63, 3.8) is 0 Å². The summed E-state index contributed by atoms with van der Waals surface area (Å²) in [5, 5.41) is 13.2. The maximum Gasteiger partial charge on any atom is 0.317 e. The molecule has 0 aromatic heterocycles. The lowest BCUT2D eigenvalue weighted by atomic mass is 9.96. The molecule has 3 amide bonds. The number of sulfonamides is 1. The SMILES string of the molecule is C[C@@H]1CCCCO[C@@H](CN(C)C(=O)NC2CCCCC2)[C@H](C)CN([C@H](C)CO)C(=O)c2cc(NS(C)(=O)=O)ccc2O1. The Kier molecular flexibility index (Phi) is 12.7. The van der Waals surface area contributed by atoms with Gasteiger partial charge in [0.1, 0.15) is 5.75 Å². The summed E-state index contributed by atoms with van der Waals surface area (Å²) in [5.74, 6) is -0.211. The fourth-order valence-corrected chi connectivity index (χ4v) is 6.10. The summed E-state index contributed by atoms with van der Waals surface area (Å²) in [7, 11) is -1.80. The number of anilines is 1. The van der Waals surface area contributed by atoms with E-state index in [-0.39, 0.29) is 60.5 Å². The second kappa shape index (κ2) is 15.8. The second-order valence-electron chi connectivity index (χ2n) is 12.0. The van der Waals surface area contributed by atoms with Gasteiger partial charge in [-0.25, -0.2) is 13.2 Å². The maximum absolute atomic E-state index is 14.1. The number of nitrogens with zero attached hydrogens (tertiary/aromatic N) is 2. The third-order valence-corrected chi connectivity index (χ3v) is 8.69. The summed E-state index contributed by atoms with van der Waals surface area (Å²) in [5.41, 5.74) is 0.458. The zero-order chi connectivity index (χ0) is 30.9. The molecule has 1 heterocycles. The molecule has 4 atom stereocenters. The monoisotopic (exact) mass is 610 g/mol. The van der Waals surface area contributed by atoms with Gasteiger partial charge in [0.05, 0.1) is 36.7 Å². The number of aliphatic hydroxyl groups excluding tert-OH is 1. The van der Waals surface area contributed by atoms with E-state index in [1.165, 1.54) is 12.5 Å². The zero-order valence-electron chi connectivity index (χ0n) is 25.8. The van der Waals surface area contributed by atoms with E-state index >= 15 is 0 Å². The Balaban J connectivity index is 1.88. The Morgan fingerprint density at radius 1 is 1.14 bits per heavy atom. The maximum atomic E-state index is 14.1. The molecule has 1 aliphatic carbocycles. The normalized spacial score (nSPS) is 24.1. The largest absolute Gasteiger partial charge is 0.490 e. The van der Waals surface area contributed by atoms with E-state index in [0.29, 0.717) is 18.9 Å². The smallest absolute Gasteiger partial charge is 0.317 e. The number of nitrogens with one attached hydrogen (secondary N) is 2. The molecule has 0 unspecified atom stereocenters. The van der Waals surface area contributed by atoms with E-state index in [4.69, 9.17) is 9.47 Å². The van der Waals surface area contributed by atoms with Crippen molar-refractivity contribution in [3.8, 4) is 5.75 Å². The summed E-state index contributed by atoms with van der Waals surface area (Å²) in [6.45, 7) is 6.53. The van der Waals surface area contributed by atoms with Crippen LogP contribution in [-0.2, 0) is 14.8 Å². The topological polar surface area (TPSA) is 138 Å². The number of urea groups is 1. The first-order valence-corrected chi connectivity index (χ1v) is 17.1. The van der Waals surface area contributed by atoms with Crippen LogP contribution in [-0.4, -0.2) is 99.2 Å². The van der Waals surface area contributed by atoms with Crippen molar-refractivity contribution in [2.75, 3.05) is 44.3 Å². The van der Waals surface area contributed by atoms with Crippen LogP contribution in [0, 0.1) is 5.92 Å². The molecule has 11 nitrogen and oxygen atoms in total. The standard InChI is InChI=1S/C30H50N4O7S/c1-21-18-34(22(2)20-35)29(36)26-17-25(32-42(5,38)39)14-15-27(26)41-23(3)11-9-10-16-40-28(21)19-33(4)30(37)31-24-12-7-6-8-13-24/h14-15,17,21-24,28,32,35H,6-13,16,18-20H2,1-5H3,(H,31,37)/t21-,22-,23-,28+/m1/s1. The lowest BCUT2D eigenvalue weighted by molar-refractivity contribution is -0.0123. The molecule has 1 aromatic rings. The van der Waals surface area contributed by atoms with Gasteiger partial charge in [-0.2, -0.15) is 0 Å². The van der Waals surface area contributed by atoms with E-state index in [2.05, 4.69) is 10.0 Å². The third kappa shape index (κ3) is 10.3. The van der Waals surface area contributed by atoms with Crippen LogP contribution >= 0.6 is 0 Å². The highest BCUT2D eigenvalue weighted by Gasteiger charge is 2.31. The summed E-state index contributed by atoms with van der Waals surface area (Å²) < 4.78 is 38.8. The lowest BCUT2D eigenvalue weighted by Gasteiger charge is -2.36. The number of hydrogen-bond acceptors (Lipinski definition) is 7. The van der Waals surface area contributed by atoms with Crippen molar-refractivity contribution >= 4 is 27.6 Å². The van der Waals surface area contributed by atoms with Crippen molar-refractivity contribution in [2.45, 2.75) is 96.4 Å². The van der Waals surface area contributed by atoms with Crippen molar-refractivity contribution in [3.05, 3.63) is 23.8 Å². The number of aliphatic hydroxyl groups is 1. The van der Waals surface area contributed by atoms with Gasteiger partial charge >= 0.3 is 6.03 Å². The predicted molar refractivity (Wildman–Crippen MR) is 163 cm³/mol. The molecule has 2 aliphatic rings. The van der Waals surface area contributed by atoms with Crippen LogP contribution in [0.4, 0.5) is 10.5 Å². The summed E-state index contributed by atoms with van der Waals surface area (Å²) in [4.78, 5) is 30.3. The number of likely N-dealkylation sites (N-methyl/N-ethyl adjacent to an activating group) is 1. The summed E-state index contributed by atoms with van der Waals surface area (Å²) >= 11 is 0. The molecule has 12 heteroatoms. The van der Waals surface area contributed by atoms with Crippen LogP contribution in [0.3, 0.4) is 0 Å². The quantitative estimate of drug-likeness (QED) is 0.427. The van der Waals surface area contributed by atoms with Gasteiger partial charge in [-0.3, -0.25) is 9.52 Å². The Morgan fingerprint density at radius 2 is 1.83 bits per heavy atom. The molecular formula is C30H50N4O7S. The highest BCUT2D eigenvalue weighted by atomic mass is 32.2. The van der Waals surface area contributed by atoms with Gasteiger partial charge in [-0.15, -0.1) is 0 Å². The molecule has 0 saturated heterocycles. The van der Waals surface area contributed by atoms with E-state index in [1.54, 1.807) is 35.9 Å². The molecule has 0 spiro atoms. The number of amides is 3. The minimum atomic E-state index is -3.57. The molecular weight excluding hydrogens is 560 g/mol. The van der Waals surface area contributed by atoms with E-state index in [9.17, 15) is 23.1 Å². The van der Waals surface area contributed by atoms with Crippen LogP contribution in [0.5, 0.6) is 5.75 Å². The van der Waals surface area contributed by atoms with Crippen LogP contribution < -0.4 is 14.8 Å². The van der Waals surface area contributed by atoms with Crippen molar-refractivity contribution in [2.24, 2.45) is 5.92 Å². The Hall–Kier alpha value is -2.57. The first kappa shape index (κ1) is 33.9. The van der Waals surface area contributed by atoms with E-state index < -0.39 is 16.1 Å². The molecule has 1 fully saturated rings. The number of benzene rings is 1. The van der Waals surface area contributed by atoms with Gasteiger partial charge in [0.2, 0.25) is 10.0 Å². The number of fused-ring (bicyclic) bond motifs is 1. The zero-order valence-corrected chi connectivity index (χ0v) is 26.6. The van der Waals surface area contributed by atoms with Gasteiger partial charge in [0.15, 0.2) is 0 Å². The Bertz CT molecular complexity index is 1140. The summed E-state index contributed by atoms with van der Waals surface area (Å²) in [6.07, 6.45) is 8.38. The molecule has 3 N–H and O–H groups in total. The molecule has 3 rings (SSSR count). The van der Waals surface area contributed by atoms with E-state index in [0.717, 1.165) is 51.2 Å². The van der Waals surface area contributed by atoms with E-state index in [1.807, 2.05) is 13.8 Å². The second-order valence-corrected chi connectivity index (χ2v) is 13.8. The van der Waals surface area contributed by atoms with Crippen LogP contribution in [0.25, 0.3) is 0 Å². The molecule has 238 valence electrons. The van der Waals surface area contributed by atoms with Gasteiger partial charge in [0.25, 0.3) is 5.91 Å². The minimum absolute atomic E-state index is 0.125. The van der Waals surface area contributed by atoms with Gasteiger partial charge in [-0.05, 0) is 64.2 Å². The predicted octanol–water partition coefficient (Wildman–Crippen LogP) is 3.83. The first-order chi connectivity index (χ1) is 19.9. The highest BCUT2D eigenvalue weighted by Crippen LogP contribution is 2.29. The molecule has 42 heavy (non-hydrogen) atoms. The minimum Gasteiger partial charge on any atom is -0.490 e. The molecule has 1 aromatic carbocycles. The van der Waals surface area contributed by atoms with Crippen molar-refractivity contribution < 1.29 is 32.6 Å². The fraction of sp³-hybridized carbons (Fsp3) is 0.733. The number of ether oxygens (including phenoxy) is 2. The average molecular weight is 611 g/mol. The van der Waals surface area contributed by atoms with Crippen LogP contribution in [0.2, 0.25) is 0 Å². The number of hydrogen-bond donors (Lipinski definition) is 3. The average Bonchev–Trinajstić information content (AvgIpc) is 2.94. The molecule has 0 radical (unpaired) electrons. The van der Waals surface area contributed by atoms with Gasteiger partial charge in [-0.1, -0.05) is 26.2 Å². The molecule has 1 saturated carbocycles. The van der Waals surface area contributed by atoms with Crippen molar-refractivity contribution in [1.82, 2.24) is 15.1 Å². The number of carbonyl (C=O) groups excluding carboxylic acids is 2. The Labute approximate surface area is 251 Å². The first-order valence-electron chi connectivity index (χ1n) is 15.2. The van der Waals surface area contributed by atoms with Gasteiger partial charge in [0, 0.05) is 44.4 Å². The number of carbonyl (C=O) groups is 2. The van der Waals surface area contributed by atoms with Crippen LogP contribution in [0.15, 0.2) is 18.2 Å². The fourth-order valence-electron chi connectivity index (χ4n) is 5.55. The highest BCUT2D eigenvalue weighted by molar-refractivity contribution is 7.92. The lowest BCUT2D eigenvalue weighted by Crippen LogP contribution is -2.50.